The minimum absolute atomic E-state index is 0.732. The first kappa shape index (κ1) is 18.3. The van der Waals surface area contributed by atoms with E-state index in [1.807, 2.05) is 12.1 Å². The maximum absolute atomic E-state index is 5.94. The van der Waals surface area contributed by atoms with E-state index in [-0.39, 0.29) is 0 Å². The fraction of sp³-hybridized carbons (Fsp3) is 0.240. The van der Waals surface area contributed by atoms with Crippen LogP contribution in [0.5, 0.6) is 5.75 Å². The normalized spacial score (nSPS) is 11.1. The quantitative estimate of drug-likeness (QED) is 0.363. The lowest BCUT2D eigenvalue weighted by Crippen LogP contribution is -2.04. The summed E-state index contributed by atoms with van der Waals surface area (Å²) >= 11 is 0. The zero-order valence-electron chi connectivity index (χ0n) is 16.6. The average molecular weight is 370 g/mol. The molecule has 1 heterocycles. The third-order valence-electron chi connectivity index (χ3n) is 5.21. The zero-order valence-corrected chi connectivity index (χ0v) is 16.6. The van der Waals surface area contributed by atoms with Crippen molar-refractivity contribution in [3.05, 3.63) is 83.9 Å². The fourth-order valence-electron chi connectivity index (χ4n) is 3.48. The molecule has 4 aromatic rings. The summed E-state index contributed by atoms with van der Waals surface area (Å²) in [7, 11) is 0. The molecule has 4 rings (SSSR count). The van der Waals surface area contributed by atoms with Gasteiger partial charge in [0.2, 0.25) is 0 Å². The largest absolute Gasteiger partial charge is 0.494 e. The van der Waals surface area contributed by atoms with Gasteiger partial charge in [-0.25, -0.2) is 4.98 Å². The predicted molar refractivity (Wildman–Crippen MR) is 116 cm³/mol. The summed E-state index contributed by atoms with van der Waals surface area (Å²) in [5.41, 5.74) is 5.97. The van der Waals surface area contributed by atoms with Crippen LogP contribution in [0.15, 0.2) is 72.8 Å². The number of rotatable bonds is 7. The second-order valence-corrected chi connectivity index (χ2v) is 7.24. The summed E-state index contributed by atoms with van der Waals surface area (Å²) in [5, 5.41) is 0. The van der Waals surface area contributed by atoms with E-state index in [2.05, 4.69) is 79.1 Å². The summed E-state index contributed by atoms with van der Waals surface area (Å²) < 4.78 is 8.27. The van der Waals surface area contributed by atoms with Crippen molar-refractivity contribution in [3.8, 4) is 17.1 Å². The van der Waals surface area contributed by atoms with Crippen LogP contribution in [0.25, 0.3) is 22.4 Å². The Morgan fingerprint density at radius 2 is 1.61 bits per heavy atom. The Morgan fingerprint density at radius 1 is 0.821 bits per heavy atom. The Hall–Kier alpha value is -3.07. The van der Waals surface area contributed by atoms with Crippen molar-refractivity contribution in [1.82, 2.24) is 9.55 Å². The van der Waals surface area contributed by atoms with E-state index in [9.17, 15) is 0 Å². The van der Waals surface area contributed by atoms with E-state index in [1.54, 1.807) is 0 Å². The van der Waals surface area contributed by atoms with Gasteiger partial charge < -0.3 is 9.30 Å². The summed E-state index contributed by atoms with van der Waals surface area (Å²) in [6.07, 6.45) is 2.05. The van der Waals surface area contributed by atoms with Gasteiger partial charge in [-0.3, -0.25) is 0 Å². The summed E-state index contributed by atoms with van der Waals surface area (Å²) in [5.74, 6) is 2.00. The average Bonchev–Trinajstić information content (AvgIpc) is 3.10. The molecule has 0 fully saturated rings. The van der Waals surface area contributed by atoms with Crippen molar-refractivity contribution >= 4 is 11.0 Å². The lowest BCUT2D eigenvalue weighted by Gasteiger charge is -2.11. The Bertz CT molecular complexity index is 1070. The third kappa shape index (κ3) is 3.94. The highest BCUT2D eigenvalue weighted by atomic mass is 16.5. The number of aryl methyl sites for hydroxylation is 3. The van der Waals surface area contributed by atoms with Crippen molar-refractivity contribution in [1.29, 1.82) is 0 Å². The Balaban J connectivity index is 1.43. The van der Waals surface area contributed by atoms with Crippen molar-refractivity contribution < 1.29 is 4.74 Å². The number of hydrogen-bond acceptors (Lipinski definition) is 2. The molecule has 0 saturated carbocycles. The summed E-state index contributed by atoms with van der Waals surface area (Å²) in [4.78, 5) is 4.88. The van der Waals surface area contributed by atoms with E-state index in [0.29, 0.717) is 0 Å². The Kier molecular flexibility index (Phi) is 5.43. The van der Waals surface area contributed by atoms with Crippen molar-refractivity contribution in [2.75, 3.05) is 6.61 Å². The van der Waals surface area contributed by atoms with Crippen molar-refractivity contribution in [3.63, 3.8) is 0 Å². The number of imidazole rings is 1. The van der Waals surface area contributed by atoms with Gasteiger partial charge in [-0.15, -0.1) is 0 Å². The maximum atomic E-state index is 5.94. The third-order valence-corrected chi connectivity index (χ3v) is 5.21. The summed E-state index contributed by atoms with van der Waals surface area (Å²) in [6, 6.07) is 25.1. The second kappa shape index (κ2) is 8.30. The number of aromatic nitrogens is 2. The molecule has 3 nitrogen and oxygen atoms in total. The topological polar surface area (TPSA) is 27.1 Å². The highest BCUT2D eigenvalue weighted by Crippen LogP contribution is 2.25. The molecular formula is C25H26N2O. The molecule has 0 N–H and O–H groups in total. The smallest absolute Gasteiger partial charge is 0.141 e. The first-order chi connectivity index (χ1) is 13.7. The first-order valence-electron chi connectivity index (χ1n) is 9.93. The van der Waals surface area contributed by atoms with Crippen molar-refractivity contribution in [2.24, 2.45) is 0 Å². The van der Waals surface area contributed by atoms with Crippen LogP contribution < -0.4 is 4.74 Å². The molecule has 0 radical (unpaired) electrons. The van der Waals surface area contributed by atoms with Crippen molar-refractivity contribution in [2.45, 2.75) is 33.2 Å². The lowest BCUT2D eigenvalue weighted by atomic mass is 10.1. The van der Waals surface area contributed by atoms with E-state index in [4.69, 9.17) is 9.72 Å². The highest BCUT2D eigenvalue weighted by molar-refractivity contribution is 5.80. The van der Waals surface area contributed by atoms with Gasteiger partial charge in [-0.1, -0.05) is 48.5 Å². The minimum Gasteiger partial charge on any atom is -0.494 e. The number of ether oxygens (including phenoxy) is 1. The molecule has 28 heavy (non-hydrogen) atoms. The summed E-state index contributed by atoms with van der Waals surface area (Å²) in [6.45, 7) is 5.91. The molecule has 0 spiro atoms. The molecule has 3 heteroatoms. The first-order valence-corrected chi connectivity index (χ1v) is 9.93. The van der Waals surface area contributed by atoms with Crippen LogP contribution in [0.4, 0.5) is 0 Å². The van der Waals surface area contributed by atoms with E-state index < -0.39 is 0 Å². The second-order valence-electron chi connectivity index (χ2n) is 7.24. The molecular weight excluding hydrogens is 344 g/mol. The maximum Gasteiger partial charge on any atom is 0.141 e. The zero-order chi connectivity index (χ0) is 19.3. The van der Waals surface area contributed by atoms with Gasteiger partial charge in [0, 0.05) is 12.1 Å². The van der Waals surface area contributed by atoms with E-state index >= 15 is 0 Å². The SMILES string of the molecule is Cc1ccc(OCCCCn2c(-c3ccccc3)nc3ccccc32)cc1C. The number of para-hydroxylation sites is 2. The van der Waals surface area contributed by atoms with Gasteiger partial charge in [0.05, 0.1) is 17.6 Å². The van der Waals surface area contributed by atoms with Gasteiger partial charge in [0.1, 0.15) is 11.6 Å². The standard InChI is InChI=1S/C25H26N2O/c1-19-14-15-22(18-20(19)2)28-17-9-8-16-27-24-13-7-6-12-23(24)26-25(27)21-10-4-3-5-11-21/h3-7,10-15,18H,8-9,16-17H2,1-2H3. The fourth-order valence-corrected chi connectivity index (χ4v) is 3.48. The molecule has 3 aromatic carbocycles. The molecule has 0 aliphatic heterocycles. The Labute approximate surface area is 166 Å². The van der Waals surface area contributed by atoms with Gasteiger partial charge in [0.15, 0.2) is 0 Å². The highest BCUT2D eigenvalue weighted by Gasteiger charge is 2.11. The molecule has 0 amide bonds. The molecule has 0 bridgehead atoms. The van der Waals surface area contributed by atoms with E-state index in [1.165, 1.54) is 16.6 Å². The van der Waals surface area contributed by atoms with E-state index in [0.717, 1.165) is 48.6 Å². The van der Waals surface area contributed by atoms with Crippen LogP contribution in [-0.2, 0) is 6.54 Å². The van der Waals surface area contributed by atoms with Gasteiger partial charge in [-0.2, -0.15) is 0 Å². The van der Waals surface area contributed by atoms with Gasteiger partial charge >= 0.3 is 0 Å². The molecule has 0 aliphatic rings. The lowest BCUT2D eigenvalue weighted by molar-refractivity contribution is 0.303. The Morgan fingerprint density at radius 3 is 2.43 bits per heavy atom. The number of nitrogens with zero attached hydrogens (tertiary/aromatic N) is 2. The van der Waals surface area contributed by atoms with Crippen LogP contribution in [-0.4, -0.2) is 16.2 Å². The minimum atomic E-state index is 0.732. The number of unbranched alkanes of at least 4 members (excludes halogenated alkanes) is 1. The van der Waals surface area contributed by atoms with Crippen LogP contribution in [0.2, 0.25) is 0 Å². The number of hydrogen-bond donors (Lipinski definition) is 0. The molecule has 0 atom stereocenters. The van der Waals surface area contributed by atoms with Crippen LogP contribution in [0.1, 0.15) is 24.0 Å². The van der Waals surface area contributed by atoms with Crippen LogP contribution in [0.3, 0.4) is 0 Å². The molecule has 1 aromatic heterocycles. The predicted octanol–water partition coefficient (Wildman–Crippen LogP) is 6.18. The molecule has 0 saturated heterocycles. The monoisotopic (exact) mass is 370 g/mol. The molecule has 0 unspecified atom stereocenters. The molecule has 142 valence electrons. The van der Waals surface area contributed by atoms with Crippen LogP contribution >= 0.6 is 0 Å². The number of fused-ring (bicyclic) bond motifs is 1. The van der Waals surface area contributed by atoms with Gasteiger partial charge in [-0.05, 0) is 62.1 Å². The van der Waals surface area contributed by atoms with Gasteiger partial charge in [0.25, 0.3) is 0 Å². The van der Waals surface area contributed by atoms with Crippen LogP contribution in [0, 0.1) is 13.8 Å². The number of benzene rings is 3. The molecule has 0 aliphatic carbocycles.